The highest BCUT2D eigenvalue weighted by atomic mass is 32.2. The molecule has 7 heteroatoms. The van der Waals surface area contributed by atoms with Crippen molar-refractivity contribution in [3.63, 3.8) is 0 Å². The second-order valence-electron chi connectivity index (χ2n) is 4.25. The number of carboxylic acid groups (broad SMARTS) is 1. The lowest BCUT2D eigenvalue weighted by Gasteiger charge is -2.37. The molecule has 0 aliphatic carbocycles. The third-order valence-corrected chi connectivity index (χ3v) is 5.09. The molecule has 3 atom stereocenters. The van der Waals surface area contributed by atoms with Crippen molar-refractivity contribution in [3.8, 4) is 0 Å². The number of sulfonamides is 1. The Balaban J connectivity index is 2.93. The molecule has 1 rings (SSSR count). The van der Waals surface area contributed by atoms with Gasteiger partial charge in [-0.1, -0.05) is 0 Å². The Morgan fingerprint density at radius 1 is 1.50 bits per heavy atom. The predicted molar refractivity (Wildman–Crippen MR) is 59.7 cm³/mol. The number of aliphatic carboxylic acids is 1. The van der Waals surface area contributed by atoms with Gasteiger partial charge in [0.05, 0.1) is 0 Å². The van der Waals surface area contributed by atoms with Gasteiger partial charge in [0.1, 0.15) is 0 Å². The Hall–Kier alpha value is -0.660. The minimum Gasteiger partial charge on any atom is -0.480 e. The molecule has 0 radical (unpaired) electrons. The summed E-state index contributed by atoms with van der Waals surface area (Å²) in [4.78, 5) is 10.8. The number of piperazine rings is 1. The van der Waals surface area contributed by atoms with Gasteiger partial charge in [-0.05, 0) is 20.8 Å². The molecule has 1 fully saturated rings. The SMILES string of the molecule is CC1CN(S(=O)(=O)C(C)C(=O)O)C(C)CN1. The van der Waals surface area contributed by atoms with Crippen LogP contribution in [0.4, 0.5) is 0 Å². The summed E-state index contributed by atoms with van der Waals surface area (Å²) >= 11 is 0. The minimum atomic E-state index is -3.75. The summed E-state index contributed by atoms with van der Waals surface area (Å²) in [6.07, 6.45) is 0. The zero-order valence-corrected chi connectivity index (χ0v) is 10.5. The lowest BCUT2D eigenvalue weighted by Crippen LogP contribution is -2.58. The van der Waals surface area contributed by atoms with E-state index in [0.717, 1.165) is 0 Å². The number of nitrogens with zero attached hydrogens (tertiary/aromatic N) is 1. The maximum absolute atomic E-state index is 12.0. The first-order valence-electron chi connectivity index (χ1n) is 5.23. The van der Waals surface area contributed by atoms with E-state index in [2.05, 4.69) is 5.32 Å². The van der Waals surface area contributed by atoms with E-state index >= 15 is 0 Å². The summed E-state index contributed by atoms with van der Waals surface area (Å²) in [6, 6.07) is -0.157. The molecular formula is C9H18N2O4S. The second-order valence-corrected chi connectivity index (χ2v) is 6.46. The zero-order valence-electron chi connectivity index (χ0n) is 9.67. The van der Waals surface area contributed by atoms with Gasteiger partial charge in [-0.2, -0.15) is 4.31 Å². The third kappa shape index (κ3) is 2.53. The fourth-order valence-corrected chi connectivity index (χ4v) is 3.34. The molecule has 1 aliphatic heterocycles. The van der Waals surface area contributed by atoms with Crippen molar-refractivity contribution in [3.05, 3.63) is 0 Å². The van der Waals surface area contributed by atoms with Crippen LogP contribution in [0.2, 0.25) is 0 Å². The van der Waals surface area contributed by atoms with Crippen molar-refractivity contribution in [2.24, 2.45) is 0 Å². The van der Waals surface area contributed by atoms with E-state index in [1.165, 1.54) is 11.2 Å². The third-order valence-electron chi connectivity index (χ3n) is 2.83. The van der Waals surface area contributed by atoms with Crippen LogP contribution >= 0.6 is 0 Å². The topological polar surface area (TPSA) is 86.7 Å². The molecule has 0 aromatic heterocycles. The molecule has 16 heavy (non-hydrogen) atoms. The van der Waals surface area contributed by atoms with Gasteiger partial charge in [-0.15, -0.1) is 0 Å². The first-order valence-corrected chi connectivity index (χ1v) is 6.74. The van der Waals surface area contributed by atoms with Crippen molar-refractivity contribution in [1.82, 2.24) is 9.62 Å². The summed E-state index contributed by atoms with van der Waals surface area (Å²) in [5, 5.41) is 10.5. The Labute approximate surface area is 95.7 Å². The molecule has 0 aromatic rings. The van der Waals surface area contributed by atoms with E-state index in [1.54, 1.807) is 6.92 Å². The molecule has 0 aromatic carbocycles. The number of rotatable bonds is 3. The minimum absolute atomic E-state index is 0.0481. The van der Waals surface area contributed by atoms with Crippen molar-refractivity contribution in [2.75, 3.05) is 13.1 Å². The van der Waals surface area contributed by atoms with Gasteiger partial charge in [0.25, 0.3) is 0 Å². The van der Waals surface area contributed by atoms with Crippen molar-refractivity contribution >= 4 is 16.0 Å². The van der Waals surface area contributed by atoms with Crippen LogP contribution in [-0.4, -0.2) is 54.2 Å². The molecule has 2 N–H and O–H groups in total. The zero-order chi connectivity index (χ0) is 12.5. The number of carboxylic acids is 1. The fourth-order valence-electron chi connectivity index (χ4n) is 1.67. The Morgan fingerprint density at radius 3 is 2.56 bits per heavy atom. The lowest BCUT2D eigenvalue weighted by molar-refractivity contribution is -0.136. The summed E-state index contributed by atoms with van der Waals surface area (Å²) in [6.45, 7) is 5.72. The van der Waals surface area contributed by atoms with Crippen LogP contribution in [0.1, 0.15) is 20.8 Å². The van der Waals surface area contributed by atoms with E-state index in [4.69, 9.17) is 5.11 Å². The first kappa shape index (κ1) is 13.4. The molecule has 0 amide bonds. The van der Waals surface area contributed by atoms with Gasteiger partial charge in [0, 0.05) is 25.2 Å². The summed E-state index contributed by atoms with van der Waals surface area (Å²) in [5.41, 5.74) is 0. The van der Waals surface area contributed by atoms with Crippen LogP contribution in [0.5, 0.6) is 0 Å². The fraction of sp³-hybridized carbons (Fsp3) is 0.889. The van der Waals surface area contributed by atoms with E-state index < -0.39 is 21.2 Å². The van der Waals surface area contributed by atoms with Gasteiger partial charge in [0.15, 0.2) is 5.25 Å². The molecule has 94 valence electrons. The Kier molecular flexibility index (Phi) is 3.92. The maximum Gasteiger partial charge on any atom is 0.323 e. The van der Waals surface area contributed by atoms with Gasteiger partial charge in [0.2, 0.25) is 10.0 Å². The quantitative estimate of drug-likeness (QED) is 0.703. The van der Waals surface area contributed by atoms with E-state index in [0.29, 0.717) is 13.1 Å². The average Bonchev–Trinajstić information content (AvgIpc) is 2.20. The van der Waals surface area contributed by atoms with E-state index in [1.807, 2.05) is 6.92 Å². The summed E-state index contributed by atoms with van der Waals surface area (Å²) in [7, 11) is -3.75. The number of hydrogen-bond donors (Lipinski definition) is 2. The standard InChI is InChI=1S/C9H18N2O4S/c1-6-5-11(7(2)4-10-6)16(14,15)8(3)9(12)13/h6-8,10H,4-5H2,1-3H3,(H,12,13). The number of hydrogen-bond acceptors (Lipinski definition) is 4. The molecule has 0 bridgehead atoms. The molecule has 3 unspecified atom stereocenters. The number of carbonyl (C=O) groups is 1. The van der Waals surface area contributed by atoms with E-state index in [-0.39, 0.29) is 12.1 Å². The smallest absolute Gasteiger partial charge is 0.323 e. The monoisotopic (exact) mass is 250 g/mol. The molecule has 0 saturated carbocycles. The second kappa shape index (κ2) is 4.68. The normalized spacial score (nSPS) is 29.9. The molecule has 1 saturated heterocycles. The van der Waals surface area contributed by atoms with Crippen molar-refractivity contribution < 1.29 is 18.3 Å². The first-order chi connectivity index (χ1) is 7.26. The molecule has 1 heterocycles. The highest BCUT2D eigenvalue weighted by molar-refractivity contribution is 7.90. The largest absolute Gasteiger partial charge is 0.480 e. The average molecular weight is 250 g/mol. The van der Waals surface area contributed by atoms with Crippen LogP contribution in [-0.2, 0) is 14.8 Å². The van der Waals surface area contributed by atoms with Crippen molar-refractivity contribution in [1.29, 1.82) is 0 Å². The molecule has 0 spiro atoms. The van der Waals surface area contributed by atoms with Crippen molar-refractivity contribution in [2.45, 2.75) is 38.1 Å². The molecule has 1 aliphatic rings. The Bertz CT molecular complexity index is 368. The highest BCUT2D eigenvalue weighted by Crippen LogP contribution is 2.16. The van der Waals surface area contributed by atoms with Gasteiger partial charge < -0.3 is 10.4 Å². The van der Waals surface area contributed by atoms with Gasteiger partial charge in [-0.3, -0.25) is 4.79 Å². The van der Waals surface area contributed by atoms with Crippen LogP contribution in [0.3, 0.4) is 0 Å². The Morgan fingerprint density at radius 2 is 2.06 bits per heavy atom. The van der Waals surface area contributed by atoms with Crippen LogP contribution in [0.25, 0.3) is 0 Å². The maximum atomic E-state index is 12.0. The highest BCUT2D eigenvalue weighted by Gasteiger charge is 2.38. The number of nitrogens with one attached hydrogen (secondary N) is 1. The molecule has 6 nitrogen and oxygen atoms in total. The van der Waals surface area contributed by atoms with Gasteiger partial charge in [-0.25, -0.2) is 8.42 Å². The summed E-state index contributed by atoms with van der Waals surface area (Å²) < 4.78 is 25.3. The van der Waals surface area contributed by atoms with Crippen LogP contribution in [0.15, 0.2) is 0 Å². The predicted octanol–water partition coefficient (Wildman–Crippen LogP) is -0.528. The molecular weight excluding hydrogens is 232 g/mol. The van der Waals surface area contributed by atoms with Gasteiger partial charge >= 0.3 is 5.97 Å². The lowest BCUT2D eigenvalue weighted by atomic mass is 10.2. The van der Waals surface area contributed by atoms with Crippen LogP contribution in [0, 0.1) is 0 Å². The summed E-state index contributed by atoms with van der Waals surface area (Å²) in [5.74, 6) is -1.31. The van der Waals surface area contributed by atoms with Crippen LogP contribution < -0.4 is 5.32 Å². The van der Waals surface area contributed by atoms with E-state index in [9.17, 15) is 13.2 Å².